The van der Waals surface area contributed by atoms with Gasteiger partial charge in [0.05, 0.1) is 22.6 Å². The van der Waals surface area contributed by atoms with Crippen LogP contribution >= 0.6 is 0 Å². The van der Waals surface area contributed by atoms with E-state index in [2.05, 4.69) is 37.8 Å². The van der Waals surface area contributed by atoms with Crippen LogP contribution in [0, 0.1) is 11.3 Å². The van der Waals surface area contributed by atoms with Crippen molar-refractivity contribution in [3.63, 3.8) is 0 Å². The van der Waals surface area contributed by atoms with Crippen LogP contribution < -0.4 is 20.7 Å². The number of nitrogens with one attached hydrogen (secondary N) is 2. The minimum atomic E-state index is 0.529. The number of nitrogens with zero attached hydrogens (tertiary/aromatic N) is 6. The second kappa shape index (κ2) is 8.55. The SMILES string of the molecule is CC1=NCN(c2ccc(Nc3nccc(-c4ccc(C#N)c(N5CCCC5)c4)n3)cc2)N1. The first kappa shape index (κ1) is 19.8. The number of nitriles is 1. The number of rotatable bonds is 5. The van der Waals surface area contributed by atoms with Gasteiger partial charge in [-0.05, 0) is 62.2 Å². The van der Waals surface area contributed by atoms with Gasteiger partial charge in [-0.25, -0.2) is 15.0 Å². The number of aromatic nitrogens is 2. The second-order valence-corrected chi connectivity index (χ2v) is 7.90. The fraction of sp³-hybridized carbons (Fsp3) is 0.250. The minimum absolute atomic E-state index is 0.529. The summed E-state index contributed by atoms with van der Waals surface area (Å²) in [5.41, 5.74) is 8.64. The number of amidine groups is 1. The lowest BCUT2D eigenvalue weighted by atomic mass is 10.1. The highest BCUT2D eigenvalue weighted by Gasteiger charge is 2.17. The molecule has 0 bridgehead atoms. The van der Waals surface area contributed by atoms with Crippen molar-refractivity contribution < 1.29 is 0 Å². The topological polar surface area (TPSA) is 92.5 Å². The molecular formula is C24H24N8. The fourth-order valence-corrected chi connectivity index (χ4v) is 4.03. The highest BCUT2D eigenvalue weighted by Crippen LogP contribution is 2.30. The van der Waals surface area contributed by atoms with E-state index in [9.17, 15) is 5.26 Å². The summed E-state index contributed by atoms with van der Waals surface area (Å²) >= 11 is 0. The molecule has 8 nitrogen and oxygen atoms in total. The van der Waals surface area contributed by atoms with Crippen molar-refractivity contribution in [2.75, 3.05) is 35.0 Å². The van der Waals surface area contributed by atoms with Crippen molar-refractivity contribution in [1.29, 1.82) is 5.26 Å². The summed E-state index contributed by atoms with van der Waals surface area (Å²) in [7, 11) is 0. The Bertz CT molecular complexity index is 1190. The van der Waals surface area contributed by atoms with Crippen LogP contribution in [0.3, 0.4) is 0 Å². The Morgan fingerprint density at radius 3 is 2.59 bits per heavy atom. The predicted molar refractivity (Wildman–Crippen MR) is 127 cm³/mol. The lowest BCUT2D eigenvalue weighted by Crippen LogP contribution is -2.34. The summed E-state index contributed by atoms with van der Waals surface area (Å²) < 4.78 is 0. The summed E-state index contributed by atoms with van der Waals surface area (Å²) in [6.07, 6.45) is 4.08. The summed E-state index contributed by atoms with van der Waals surface area (Å²) in [4.78, 5) is 15.7. The van der Waals surface area contributed by atoms with E-state index in [0.717, 1.165) is 60.1 Å². The normalized spacial score (nSPS) is 15.3. The van der Waals surface area contributed by atoms with Crippen LogP contribution in [0.4, 0.5) is 23.0 Å². The van der Waals surface area contributed by atoms with Gasteiger partial charge in [-0.15, -0.1) is 0 Å². The standard InChI is InChI=1S/C24H24N8/c1-17-27-16-32(30-17)21-8-6-20(7-9-21)28-24-26-11-10-22(29-24)18-4-5-19(15-25)23(14-18)31-12-2-3-13-31/h4-11,14H,2-3,12-13,16H2,1H3,(H,27,30)(H,26,28,29). The Hall–Kier alpha value is -4.12. The number of hydrazine groups is 1. The van der Waals surface area contributed by atoms with Crippen molar-refractivity contribution in [1.82, 2.24) is 15.4 Å². The molecule has 2 aromatic carbocycles. The van der Waals surface area contributed by atoms with Crippen LogP contribution in [-0.4, -0.2) is 35.6 Å². The molecule has 0 amide bonds. The van der Waals surface area contributed by atoms with E-state index in [1.54, 1.807) is 6.20 Å². The van der Waals surface area contributed by atoms with Crippen molar-refractivity contribution >= 4 is 28.8 Å². The summed E-state index contributed by atoms with van der Waals surface area (Å²) in [5, 5.41) is 14.8. The molecule has 2 aliphatic heterocycles. The molecule has 160 valence electrons. The molecule has 1 fully saturated rings. The Labute approximate surface area is 187 Å². The number of hydrogen-bond donors (Lipinski definition) is 2. The summed E-state index contributed by atoms with van der Waals surface area (Å²) in [6.45, 7) is 4.53. The van der Waals surface area contributed by atoms with Crippen molar-refractivity contribution in [3.8, 4) is 17.3 Å². The first-order chi connectivity index (χ1) is 15.7. The summed E-state index contributed by atoms with van der Waals surface area (Å²) in [6, 6.07) is 18.2. The number of anilines is 4. The molecule has 2 N–H and O–H groups in total. The molecule has 2 aliphatic rings. The van der Waals surface area contributed by atoms with Gasteiger partial charge in [-0.2, -0.15) is 5.26 Å². The molecule has 0 spiro atoms. The zero-order chi connectivity index (χ0) is 21.9. The molecule has 0 radical (unpaired) electrons. The van der Waals surface area contributed by atoms with Gasteiger partial charge in [0.2, 0.25) is 5.95 Å². The zero-order valence-corrected chi connectivity index (χ0v) is 17.9. The van der Waals surface area contributed by atoms with Crippen LogP contribution in [0.5, 0.6) is 0 Å². The van der Waals surface area contributed by atoms with E-state index in [4.69, 9.17) is 4.98 Å². The molecule has 0 unspecified atom stereocenters. The maximum absolute atomic E-state index is 9.52. The first-order valence-electron chi connectivity index (χ1n) is 10.7. The number of hydrogen-bond acceptors (Lipinski definition) is 8. The largest absolute Gasteiger partial charge is 0.370 e. The highest BCUT2D eigenvalue weighted by atomic mass is 15.6. The monoisotopic (exact) mass is 424 g/mol. The van der Waals surface area contributed by atoms with Gasteiger partial charge in [0.15, 0.2) is 0 Å². The van der Waals surface area contributed by atoms with Crippen LogP contribution in [0.1, 0.15) is 25.3 Å². The Kier molecular flexibility index (Phi) is 5.30. The van der Waals surface area contributed by atoms with Crippen molar-refractivity contribution in [2.45, 2.75) is 19.8 Å². The van der Waals surface area contributed by atoms with Crippen molar-refractivity contribution in [3.05, 3.63) is 60.3 Å². The van der Waals surface area contributed by atoms with Crippen LogP contribution in [0.2, 0.25) is 0 Å². The Morgan fingerprint density at radius 1 is 1.06 bits per heavy atom. The van der Waals surface area contributed by atoms with E-state index in [1.807, 2.05) is 54.4 Å². The van der Waals surface area contributed by atoms with Gasteiger partial charge in [0.1, 0.15) is 18.6 Å². The molecule has 1 aromatic heterocycles. The van der Waals surface area contributed by atoms with Gasteiger partial charge in [0.25, 0.3) is 0 Å². The number of benzene rings is 2. The van der Waals surface area contributed by atoms with E-state index < -0.39 is 0 Å². The van der Waals surface area contributed by atoms with E-state index in [0.29, 0.717) is 18.2 Å². The molecule has 1 saturated heterocycles. The third-order valence-electron chi connectivity index (χ3n) is 5.70. The third-order valence-corrected chi connectivity index (χ3v) is 5.70. The van der Waals surface area contributed by atoms with E-state index in [-0.39, 0.29) is 0 Å². The van der Waals surface area contributed by atoms with Gasteiger partial charge < -0.3 is 10.2 Å². The lowest BCUT2D eigenvalue weighted by molar-refractivity contribution is 0.840. The Balaban J connectivity index is 1.35. The van der Waals surface area contributed by atoms with Gasteiger partial charge >= 0.3 is 0 Å². The summed E-state index contributed by atoms with van der Waals surface area (Å²) in [5.74, 6) is 1.44. The molecular weight excluding hydrogens is 400 g/mol. The Morgan fingerprint density at radius 2 is 1.88 bits per heavy atom. The average Bonchev–Trinajstić information content (AvgIpc) is 3.52. The quantitative estimate of drug-likeness (QED) is 0.638. The van der Waals surface area contributed by atoms with Gasteiger partial charge in [-0.1, -0.05) is 6.07 Å². The van der Waals surface area contributed by atoms with E-state index >= 15 is 0 Å². The molecule has 0 aliphatic carbocycles. The third kappa shape index (κ3) is 4.05. The zero-order valence-electron chi connectivity index (χ0n) is 17.9. The molecule has 32 heavy (non-hydrogen) atoms. The molecule has 0 saturated carbocycles. The molecule has 3 aromatic rings. The molecule has 3 heterocycles. The highest BCUT2D eigenvalue weighted by molar-refractivity contribution is 5.83. The lowest BCUT2D eigenvalue weighted by Gasteiger charge is -2.20. The second-order valence-electron chi connectivity index (χ2n) is 7.90. The van der Waals surface area contributed by atoms with Crippen LogP contribution in [0.15, 0.2) is 59.7 Å². The number of aliphatic imine (C=N–C) groups is 1. The van der Waals surface area contributed by atoms with Crippen molar-refractivity contribution in [2.24, 2.45) is 4.99 Å². The molecule has 0 atom stereocenters. The average molecular weight is 425 g/mol. The maximum Gasteiger partial charge on any atom is 0.227 e. The van der Waals surface area contributed by atoms with Gasteiger partial charge in [0, 0.05) is 30.5 Å². The van der Waals surface area contributed by atoms with E-state index in [1.165, 1.54) is 0 Å². The smallest absolute Gasteiger partial charge is 0.227 e. The van der Waals surface area contributed by atoms with Gasteiger partial charge in [-0.3, -0.25) is 10.4 Å². The maximum atomic E-state index is 9.52. The minimum Gasteiger partial charge on any atom is -0.370 e. The van der Waals surface area contributed by atoms with Crippen LogP contribution in [0.25, 0.3) is 11.3 Å². The predicted octanol–water partition coefficient (Wildman–Crippen LogP) is 4.06. The molecule has 5 rings (SSSR count). The fourth-order valence-electron chi connectivity index (χ4n) is 4.03. The molecule has 8 heteroatoms. The van der Waals surface area contributed by atoms with Crippen LogP contribution in [-0.2, 0) is 0 Å². The first-order valence-corrected chi connectivity index (χ1v) is 10.7.